The van der Waals surface area contributed by atoms with E-state index >= 15 is 0 Å². The Bertz CT molecular complexity index is 194. The van der Waals surface area contributed by atoms with E-state index in [0.717, 1.165) is 18.6 Å². The van der Waals surface area contributed by atoms with Crippen LogP contribution >= 0.6 is 0 Å². The fourth-order valence-electron chi connectivity index (χ4n) is 3.27. The van der Waals surface area contributed by atoms with Gasteiger partial charge in [0.25, 0.3) is 0 Å². The average Bonchev–Trinajstić information content (AvgIpc) is 2.62. The SMILES string of the molecule is CCNC(CC)CCCN1CCCCCC1CC. The van der Waals surface area contributed by atoms with E-state index in [-0.39, 0.29) is 0 Å². The molecule has 0 spiro atoms. The molecule has 0 aromatic carbocycles. The lowest BCUT2D eigenvalue weighted by molar-refractivity contribution is 0.188. The first-order valence-corrected chi connectivity index (χ1v) is 8.29. The molecular weight excluding hydrogens is 220 g/mol. The summed E-state index contributed by atoms with van der Waals surface area (Å²) in [5, 5.41) is 3.59. The predicted molar refractivity (Wildman–Crippen MR) is 81.1 cm³/mol. The molecule has 0 saturated carbocycles. The van der Waals surface area contributed by atoms with Gasteiger partial charge < -0.3 is 10.2 Å². The first-order chi connectivity index (χ1) is 8.81. The number of nitrogens with one attached hydrogen (secondary N) is 1. The normalized spacial score (nSPS) is 23.8. The predicted octanol–water partition coefficient (Wildman–Crippen LogP) is 3.81. The second-order valence-electron chi connectivity index (χ2n) is 5.75. The summed E-state index contributed by atoms with van der Waals surface area (Å²) in [5.41, 5.74) is 0. The van der Waals surface area contributed by atoms with Gasteiger partial charge in [-0.05, 0) is 58.2 Å². The van der Waals surface area contributed by atoms with E-state index in [1.54, 1.807) is 0 Å². The Balaban J connectivity index is 2.26. The second kappa shape index (κ2) is 9.80. The van der Waals surface area contributed by atoms with Crippen LogP contribution in [-0.4, -0.2) is 36.6 Å². The molecule has 1 aliphatic heterocycles. The van der Waals surface area contributed by atoms with Crippen LogP contribution in [0.2, 0.25) is 0 Å². The third kappa shape index (κ3) is 5.71. The summed E-state index contributed by atoms with van der Waals surface area (Å²) in [6, 6.07) is 1.61. The van der Waals surface area contributed by atoms with Crippen molar-refractivity contribution in [2.45, 2.75) is 84.2 Å². The van der Waals surface area contributed by atoms with Gasteiger partial charge in [-0.3, -0.25) is 0 Å². The monoisotopic (exact) mass is 254 g/mol. The Morgan fingerprint density at radius 2 is 2.00 bits per heavy atom. The minimum absolute atomic E-state index is 0.738. The maximum absolute atomic E-state index is 3.59. The fraction of sp³-hybridized carbons (Fsp3) is 1.00. The van der Waals surface area contributed by atoms with Gasteiger partial charge in [-0.15, -0.1) is 0 Å². The Kier molecular flexibility index (Phi) is 8.70. The number of hydrogen-bond donors (Lipinski definition) is 1. The highest BCUT2D eigenvalue weighted by atomic mass is 15.1. The third-order valence-corrected chi connectivity index (χ3v) is 4.45. The van der Waals surface area contributed by atoms with E-state index in [1.807, 2.05) is 0 Å². The molecule has 18 heavy (non-hydrogen) atoms. The molecule has 2 heteroatoms. The van der Waals surface area contributed by atoms with Gasteiger partial charge in [0, 0.05) is 12.1 Å². The second-order valence-corrected chi connectivity index (χ2v) is 5.75. The van der Waals surface area contributed by atoms with Crippen LogP contribution in [0.3, 0.4) is 0 Å². The van der Waals surface area contributed by atoms with Gasteiger partial charge >= 0.3 is 0 Å². The Morgan fingerprint density at radius 3 is 2.67 bits per heavy atom. The van der Waals surface area contributed by atoms with Crippen LogP contribution in [0.1, 0.15) is 72.1 Å². The summed E-state index contributed by atoms with van der Waals surface area (Å²) < 4.78 is 0. The van der Waals surface area contributed by atoms with Crippen LogP contribution in [0.4, 0.5) is 0 Å². The van der Waals surface area contributed by atoms with Crippen LogP contribution in [0.15, 0.2) is 0 Å². The molecule has 1 N–H and O–H groups in total. The van der Waals surface area contributed by atoms with Crippen molar-refractivity contribution in [2.75, 3.05) is 19.6 Å². The van der Waals surface area contributed by atoms with Crippen molar-refractivity contribution in [1.29, 1.82) is 0 Å². The first-order valence-electron chi connectivity index (χ1n) is 8.29. The molecule has 2 unspecified atom stereocenters. The van der Waals surface area contributed by atoms with Crippen molar-refractivity contribution in [3.8, 4) is 0 Å². The lowest BCUT2D eigenvalue weighted by atomic mass is 10.1. The minimum atomic E-state index is 0.738. The first kappa shape index (κ1) is 16.0. The van der Waals surface area contributed by atoms with Crippen LogP contribution in [0.25, 0.3) is 0 Å². The highest BCUT2D eigenvalue weighted by Gasteiger charge is 2.18. The molecule has 2 atom stereocenters. The number of hydrogen-bond acceptors (Lipinski definition) is 2. The van der Waals surface area contributed by atoms with Gasteiger partial charge in [0.05, 0.1) is 0 Å². The van der Waals surface area contributed by atoms with E-state index in [0.29, 0.717) is 0 Å². The third-order valence-electron chi connectivity index (χ3n) is 4.45. The van der Waals surface area contributed by atoms with Gasteiger partial charge in [-0.25, -0.2) is 0 Å². The fourth-order valence-corrected chi connectivity index (χ4v) is 3.27. The number of nitrogens with zero attached hydrogens (tertiary/aromatic N) is 1. The highest BCUT2D eigenvalue weighted by Crippen LogP contribution is 2.19. The topological polar surface area (TPSA) is 15.3 Å². The van der Waals surface area contributed by atoms with Crippen molar-refractivity contribution in [2.24, 2.45) is 0 Å². The highest BCUT2D eigenvalue weighted by molar-refractivity contribution is 4.75. The van der Waals surface area contributed by atoms with Crippen molar-refractivity contribution in [1.82, 2.24) is 10.2 Å². The Morgan fingerprint density at radius 1 is 1.17 bits per heavy atom. The van der Waals surface area contributed by atoms with Gasteiger partial charge in [0.2, 0.25) is 0 Å². The lowest BCUT2D eigenvalue weighted by Gasteiger charge is -2.29. The van der Waals surface area contributed by atoms with E-state index in [2.05, 4.69) is 31.0 Å². The summed E-state index contributed by atoms with van der Waals surface area (Å²) in [6.45, 7) is 10.6. The zero-order valence-corrected chi connectivity index (χ0v) is 12.9. The summed E-state index contributed by atoms with van der Waals surface area (Å²) in [4.78, 5) is 2.77. The molecule has 0 bridgehead atoms. The van der Waals surface area contributed by atoms with Crippen LogP contribution in [0, 0.1) is 0 Å². The molecular formula is C16H34N2. The maximum Gasteiger partial charge on any atom is 0.00926 e. The van der Waals surface area contributed by atoms with Gasteiger partial charge in [0.15, 0.2) is 0 Å². The van der Waals surface area contributed by atoms with E-state index in [9.17, 15) is 0 Å². The largest absolute Gasteiger partial charge is 0.314 e. The van der Waals surface area contributed by atoms with E-state index < -0.39 is 0 Å². The molecule has 1 aliphatic rings. The van der Waals surface area contributed by atoms with Crippen molar-refractivity contribution in [3.05, 3.63) is 0 Å². The van der Waals surface area contributed by atoms with Gasteiger partial charge in [-0.1, -0.05) is 33.6 Å². The van der Waals surface area contributed by atoms with E-state index in [1.165, 1.54) is 64.5 Å². The molecule has 1 heterocycles. The number of likely N-dealkylation sites (tertiary alicyclic amines) is 1. The molecule has 1 fully saturated rings. The molecule has 2 nitrogen and oxygen atoms in total. The van der Waals surface area contributed by atoms with Crippen molar-refractivity contribution >= 4 is 0 Å². The smallest absolute Gasteiger partial charge is 0.00926 e. The molecule has 0 aromatic rings. The Hall–Kier alpha value is -0.0800. The summed E-state index contributed by atoms with van der Waals surface area (Å²) in [5.74, 6) is 0. The summed E-state index contributed by atoms with van der Waals surface area (Å²) in [7, 11) is 0. The zero-order chi connectivity index (χ0) is 13.2. The zero-order valence-electron chi connectivity index (χ0n) is 12.9. The van der Waals surface area contributed by atoms with Gasteiger partial charge in [-0.2, -0.15) is 0 Å². The maximum atomic E-state index is 3.59. The quantitative estimate of drug-likeness (QED) is 0.708. The summed E-state index contributed by atoms with van der Waals surface area (Å²) in [6.07, 6.45) is 11.1. The molecule has 108 valence electrons. The molecule has 1 rings (SSSR count). The standard InChI is InChI=1S/C16H34N2/c1-4-15(17-6-3)11-10-14-18-13-9-7-8-12-16(18)5-2/h15-17H,4-14H2,1-3H3. The molecule has 0 amide bonds. The minimum Gasteiger partial charge on any atom is -0.314 e. The van der Waals surface area contributed by atoms with Gasteiger partial charge in [0.1, 0.15) is 0 Å². The molecule has 0 aromatic heterocycles. The van der Waals surface area contributed by atoms with Crippen LogP contribution in [-0.2, 0) is 0 Å². The number of rotatable bonds is 8. The Labute approximate surface area is 115 Å². The van der Waals surface area contributed by atoms with Crippen molar-refractivity contribution < 1.29 is 0 Å². The summed E-state index contributed by atoms with van der Waals surface area (Å²) >= 11 is 0. The lowest BCUT2D eigenvalue weighted by Crippen LogP contribution is -2.36. The van der Waals surface area contributed by atoms with Crippen LogP contribution < -0.4 is 5.32 Å². The molecule has 0 aliphatic carbocycles. The van der Waals surface area contributed by atoms with Crippen molar-refractivity contribution in [3.63, 3.8) is 0 Å². The van der Waals surface area contributed by atoms with E-state index in [4.69, 9.17) is 0 Å². The molecule has 1 saturated heterocycles. The molecule has 0 radical (unpaired) electrons. The average molecular weight is 254 g/mol. The van der Waals surface area contributed by atoms with Crippen LogP contribution in [0.5, 0.6) is 0 Å².